The molecular weight excluding hydrogens is 219 g/mol. The summed E-state index contributed by atoms with van der Waals surface area (Å²) in [6.07, 6.45) is -1.80. The van der Waals surface area contributed by atoms with Crippen LogP contribution >= 0.6 is 0 Å². The fraction of sp³-hybridized carbons (Fsp3) is 0.300. The Labute approximate surface area is 91.0 Å². The maximum absolute atomic E-state index is 13.4. The molecule has 0 spiro atoms. The van der Waals surface area contributed by atoms with E-state index < -0.39 is 29.2 Å². The molecule has 2 N–H and O–H groups in total. The van der Waals surface area contributed by atoms with Gasteiger partial charge in [0.25, 0.3) is 0 Å². The zero-order valence-electron chi connectivity index (χ0n) is 8.73. The lowest BCUT2D eigenvalue weighted by Crippen LogP contribution is -2.15. The Bertz CT molecular complexity index is 404. The third-order valence-corrected chi connectivity index (χ3v) is 2.01. The first-order valence-corrected chi connectivity index (χ1v) is 4.33. The van der Waals surface area contributed by atoms with Crippen molar-refractivity contribution >= 4 is 5.97 Å². The van der Waals surface area contributed by atoms with Gasteiger partial charge in [-0.1, -0.05) is 0 Å². The van der Waals surface area contributed by atoms with Crippen molar-refractivity contribution in [2.75, 3.05) is 14.2 Å². The number of phenols is 1. The fourth-order valence-corrected chi connectivity index (χ4v) is 1.16. The molecule has 0 heterocycles. The summed E-state index contributed by atoms with van der Waals surface area (Å²) in [4.78, 5) is 11.0. The Kier molecular flexibility index (Phi) is 3.68. The van der Waals surface area contributed by atoms with Gasteiger partial charge in [-0.25, -0.2) is 9.18 Å². The van der Waals surface area contributed by atoms with Crippen molar-refractivity contribution in [1.82, 2.24) is 0 Å². The van der Waals surface area contributed by atoms with Crippen LogP contribution in [0.3, 0.4) is 0 Å². The number of benzene rings is 1. The van der Waals surface area contributed by atoms with E-state index in [4.69, 9.17) is 4.74 Å². The molecule has 88 valence electrons. The second-order valence-corrected chi connectivity index (χ2v) is 2.98. The number of rotatable bonds is 3. The van der Waals surface area contributed by atoms with Crippen molar-refractivity contribution in [3.63, 3.8) is 0 Å². The lowest BCUT2D eigenvalue weighted by atomic mass is 10.1. The van der Waals surface area contributed by atoms with Crippen LogP contribution in [0.1, 0.15) is 11.7 Å². The summed E-state index contributed by atoms with van der Waals surface area (Å²) in [5.74, 6) is -2.69. The Balaban J connectivity index is 3.21. The van der Waals surface area contributed by atoms with E-state index in [9.17, 15) is 19.4 Å². The van der Waals surface area contributed by atoms with E-state index in [-0.39, 0.29) is 5.75 Å². The van der Waals surface area contributed by atoms with E-state index >= 15 is 0 Å². The first kappa shape index (κ1) is 12.3. The molecular formula is C10H11FO5. The Morgan fingerprint density at radius 2 is 2.06 bits per heavy atom. The predicted octanol–water partition coefficient (Wildman–Crippen LogP) is 0.746. The molecule has 6 heteroatoms. The lowest BCUT2D eigenvalue weighted by Gasteiger charge is -2.12. The molecule has 0 radical (unpaired) electrons. The zero-order valence-corrected chi connectivity index (χ0v) is 8.73. The van der Waals surface area contributed by atoms with Crippen LogP contribution in [0.5, 0.6) is 11.5 Å². The molecule has 16 heavy (non-hydrogen) atoms. The monoisotopic (exact) mass is 230 g/mol. The molecule has 1 aromatic rings. The van der Waals surface area contributed by atoms with Crippen molar-refractivity contribution in [1.29, 1.82) is 0 Å². The molecule has 0 aromatic heterocycles. The highest BCUT2D eigenvalue weighted by molar-refractivity contribution is 5.76. The van der Waals surface area contributed by atoms with Gasteiger partial charge < -0.3 is 19.7 Å². The molecule has 5 nitrogen and oxygen atoms in total. The number of esters is 1. The number of carbonyl (C=O) groups is 1. The summed E-state index contributed by atoms with van der Waals surface area (Å²) < 4.78 is 22.4. The number of aromatic hydroxyl groups is 1. The average Bonchev–Trinajstić information content (AvgIpc) is 2.30. The molecule has 1 unspecified atom stereocenters. The van der Waals surface area contributed by atoms with Gasteiger partial charge in [-0.15, -0.1) is 0 Å². The van der Waals surface area contributed by atoms with Crippen molar-refractivity contribution < 1.29 is 28.9 Å². The van der Waals surface area contributed by atoms with Crippen LogP contribution in [0.2, 0.25) is 0 Å². The van der Waals surface area contributed by atoms with Crippen LogP contribution in [0.4, 0.5) is 4.39 Å². The first-order chi connectivity index (χ1) is 7.51. The van der Waals surface area contributed by atoms with Crippen molar-refractivity contribution in [3.8, 4) is 11.5 Å². The van der Waals surface area contributed by atoms with E-state index in [1.807, 2.05) is 0 Å². The number of methoxy groups -OCH3 is 2. The molecule has 0 amide bonds. The number of phenolic OH excluding ortho intramolecular Hbond substituents is 1. The van der Waals surface area contributed by atoms with Crippen LogP contribution in [-0.2, 0) is 9.53 Å². The minimum Gasteiger partial charge on any atom is -0.505 e. The van der Waals surface area contributed by atoms with Crippen molar-refractivity contribution in [2.24, 2.45) is 0 Å². The molecule has 0 aliphatic heterocycles. The number of aliphatic hydroxyl groups is 1. The highest BCUT2D eigenvalue weighted by Crippen LogP contribution is 2.30. The number of ether oxygens (including phenoxy) is 2. The minimum absolute atomic E-state index is 0.122. The quantitative estimate of drug-likeness (QED) is 0.749. The van der Waals surface area contributed by atoms with Gasteiger partial charge >= 0.3 is 5.97 Å². The summed E-state index contributed by atoms with van der Waals surface area (Å²) in [7, 11) is 2.37. The average molecular weight is 230 g/mol. The maximum Gasteiger partial charge on any atom is 0.339 e. The normalized spacial score (nSPS) is 12.0. The number of hydrogen-bond donors (Lipinski definition) is 2. The summed E-state index contributed by atoms with van der Waals surface area (Å²) in [5.41, 5.74) is -0.399. The van der Waals surface area contributed by atoms with E-state index in [2.05, 4.69) is 4.74 Å². The predicted molar refractivity (Wildman–Crippen MR) is 51.6 cm³/mol. The smallest absolute Gasteiger partial charge is 0.339 e. The molecule has 0 aliphatic rings. The van der Waals surface area contributed by atoms with E-state index in [0.717, 1.165) is 19.2 Å². The minimum atomic E-state index is -1.80. The van der Waals surface area contributed by atoms with Crippen LogP contribution in [-0.4, -0.2) is 30.4 Å². The Morgan fingerprint density at radius 3 is 2.56 bits per heavy atom. The Morgan fingerprint density at radius 1 is 1.44 bits per heavy atom. The molecule has 0 saturated carbocycles. The molecule has 1 atom stereocenters. The number of carbonyl (C=O) groups excluding carboxylic acids is 1. The molecule has 0 aliphatic carbocycles. The molecule has 0 fully saturated rings. The van der Waals surface area contributed by atoms with E-state index in [0.29, 0.717) is 0 Å². The van der Waals surface area contributed by atoms with Crippen LogP contribution in [0.15, 0.2) is 12.1 Å². The summed E-state index contributed by atoms with van der Waals surface area (Å²) >= 11 is 0. The van der Waals surface area contributed by atoms with Gasteiger partial charge in [0.2, 0.25) is 0 Å². The number of halogens is 1. The third kappa shape index (κ3) is 2.22. The maximum atomic E-state index is 13.4. The standard InChI is InChI=1S/C10H11FO5/c1-15-5-3-6(8(11)7(12)4-5)9(13)10(14)16-2/h3-4,9,12-13H,1-2H3. The fourth-order valence-electron chi connectivity index (χ4n) is 1.16. The topological polar surface area (TPSA) is 76.0 Å². The van der Waals surface area contributed by atoms with Crippen molar-refractivity contribution in [3.05, 3.63) is 23.5 Å². The largest absolute Gasteiger partial charge is 0.505 e. The Hall–Kier alpha value is -1.82. The SMILES string of the molecule is COC(=O)C(O)c1cc(OC)cc(O)c1F. The van der Waals surface area contributed by atoms with Gasteiger partial charge in [0, 0.05) is 11.6 Å². The van der Waals surface area contributed by atoms with Gasteiger partial charge in [0.1, 0.15) is 5.75 Å². The summed E-state index contributed by atoms with van der Waals surface area (Å²) in [5, 5.41) is 18.6. The van der Waals surface area contributed by atoms with Gasteiger partial charge in [-0.05, 0) is 6.07 Å². The van der Waals surface area contributed by atoms with E-state index in [1.165, 1.54) is 7.11 Å². The molecule has 1 rings (SSSR count). The van der Waals surface area contributed by atoms with Gasteiger partial charge in [0.05, 0.1) is 14.2 Å². The van der Waals surface area contributed by atoms with Gasteiger partial charge in [0.15, 0.2) is 17.7 Å². The molecule has 0 bridgehead atoms. The number of hydrogen-bond acceptors (Lipinski definition) is 5. The lowest BCUT2D eigenvalue weighted by molar-refractivity contribution is -0.150. The van der Waals surface area contributed by atoms with Crippen LogP contribution in [0, 0.1) is 5.82 Å². The third-order valence-electron chi connectivity index (χ3n) is 2.01. The summed E-state index contributed by atoms with van der Waals surface area (Å²) in [6.45, 7) is 0. The first-order valence-electron chi connectivity index (χ1n) is 4.33. The number of aliphatic hydroxyl groups excluding tert-OH is 1. The summed E-state index contributed by atoms with van der Waals surface area (Å²) in [6, 6.07) is 2.14. The van der Waals surface area contributed by atoms with Crippen LogP contribution < -0.4 is 4.74 Å². The molecule has 1 aromatic carbocycles. The van der Waals surface area contributed by atoms with Crippen molar-refractivity contribution in [2.45, 2.75) is 6.10 Å². The second kappa shape index (κ2) is 4.80. The van der Waals surface area contributed by atoms with E-state index in [1.54, 1.807) is 0 Å². The van der Waals surface area contributed by atoms with Gasteiger partial charge in [-0.2, -0.15) is 0 Å². The molecule has 0 saturated heterocycles. The zero-order chi connectivity index (χ0) is 12.3. The highest BCUT2D eigenvalue weighted by atomic mass is 19.1. The van der Waals surface area contributed by atoms with Gasteiger partial charge in [-0.3, -0.25) is 0 Å². The van der Waals surface area contributed by atoms with Crippen LogP contribution in [0.25, 0.3) is 0 Å². The highest BCUT2D eigenvalue weighted by Gasteiger charge is 2.24. The second-order valence-electron chi connectivity index (χ2n) is 2.98.